The van der Waals surface area contributed by atoms with Gasteiger partial charge in [-0.3, -0.25) is 4.79 Å². The van der Waals surface area contributed by atoms with Crippen molar-refractivity contribution in [2.45, 2.75) is 53.9 Å². The van der Waals surface area contributed by atoms with Crippen LogP contribution in [0.2, 0.25) is 0 Å². The molecule has 0 saturated heterocycles. The van der Waals surface area contributed by atoms with Crippen LogP contribution in [0.3, 0.4) is 0 Å². The van der Waals surface area contributed by atoms with Gasteiger partial charge in [-0.25, -0.2) is 0 Å². The van der Waals surface area contributed by atoms with E-state index in [1.54, 1.807) is 0 Å². The van der Waals surface area contributed by atoms with Crippen LogP contribution < -0.4 is 0 Å². The van der Waals surface area contributed by atoms with Gasteiger partial charge in [0.25, 0.3) is 0 Å². The summed E-state index contributed by atoms with van der Waals surface area (Å²) in [6.45, 7) is 15.1. The number of hydrogen-bond donors (Lipinski definition) is 0. The third-order valence-corrected chi connectivity index (χ3v) is 4.89. The van der Waals surface area contributed by atoms with Crippen molar-refractivity contribution in [3.05, 3.63) is 34.4 Å². The highest BCUT2D eigenvalue weighted by Gasteiger charge is 2.19. The smallest absolute Gasteiger partial charge is 0.181 e. The van der Waals surface area contributed by atoms with E-state index in [-0.39, 0.29) is 5.41 Å². The maximum Gasteiger partial charge on any atom is 0.181 e. The van der Waals surface area contributed by atoms with Crippen molar-refractivity contribution in [1.29, 1.82) is 0 Å². The summed E-state index contributed by atoms with van der Waals surface area (Å²) in [6, 6.07) is 4.36. The van der Waals surface area contributed by atoms with Gasteiger partial charge in [0.05, 0.1) is 0 Å². The predicted octanol–water partition coefficient (Wildman–Crippen LogP) is 5.08. The molecule has 2 heteroatoms. The van der Waals surface area contributed by atoms with Gasteiger partial charge in [0.15, 0.2) is 5.52 Å². The third kappa shape index (κ3) is 4.42. The molecule has 0 aliphatic carbocycles. The summed E-state index contributed by atoms with van der Waals surface area (Å²) in [5.74, 6) is 0.594. The highest BCUT2D eigenvalue weighted by Crippen LogP contribution is 2.30. The number of benzene rings is 1. The van der Waals surface area contributed by atoms with Crippen molar-refractivity contribution >= 4 is 14.1 Å². The molecule has 0 radical (unpaired) electrons. The maximum absolute atomic E-state index is 12.4. The molecule has 0 N–H and O–H groups in total. The van der Waals surface area contributed by atoms with Gasteiger partial charge in [-0.1, -0.05) is 46.8 Å². The molecule has 1 nitrogen and oxygen atoms in total. The molecule has 106 valence electrons. The Morgan fingerprint density at radius 3 is 2.00 bits per heavy atom. The summed E-state index contributed by atoms with van der Waals surface area (Å²) in [6.07, 6.45) is 0.999. The van der Waals surface area contributed by atoms with E-state index in [4.69, 9.17) is 0 Å². The molecule has 0 aliphatic rings. The van der Waals surface area contributed by atoms with Crippen LogP contribution in [0.25, 0.3) is 0 Å². The molecule has 0 bridgehead atoms. The fourth-order valence-corrected chi connectivity index (χ4v) is 3.30. The van der Waals surface area contributed by atoms with E-state index < -0.39 is 0 Å². The summed E-state index contributed by atoms with van der Waals surface area (Å²) < 4.78 is 0. The predicted molar refractivity (Wildman–Crippen MR) is 87.0 cm³/mol. The molecule has 0 fully saturated rings. The Balaban J connectivity index is 3.07. The second-order valence-corrected chi connectivity index (χ2v) is 8.05. The lowest BCUT2D eigenvalue weighted by Gasteiger charge is -2.22. The van der Waals surface area contributed by atoms with E-state index in [0.29, 0.717) is 20.0 Å². The quantitative estimate of drug-likeness (QED) is 0.702. The van der Waals surface area contributed by atoms with Crippen LogP contribution >= 0.6 is 8.58 Å². The van der Waals surface area contributed by atoms with E-state index in [1.807, 2.05) is 0 Å². The van der Waals surface area contributed by atoms with E-state index in [1.165, 1.54) is 5.56 Å². The number of carbonyl (C=O) groups excluding carboxylic acids is 1. The molecule has 1 unspecified atom stereocenters. The highest BCUT2D eigenvalue weighted by atomic mass is 31.1. The standard InChI is InChI=1S/C17H27OP/c1-11(2)10-19-16(18)15-12(3)8-14(9-13(15)4)17(5,6)7/h8-9,11,19H,10H2,1-7H3. The zero-order valence-electron chi connectivity index (χ0n) is 13.3. The van der Waals surface area contributed by atoms with Crippen molar-refractivity contribution in [2.75, 3.05) is 6.16 Å². The molecule has 0 saturated carbocycles. The fraction of sp³-hybridized carbons (Fsp3) is 0.588. The molecule has 1 atom stereocenters. The minimum Gasteiger partial charge on any atom is -0.289 e. The molecule has 1 rings (SSSR count). The lowest BCUT2D eigenvalue weighted by atomic mass is 9.84. The first-order valence-corrected chi connectivity index (χ1v) is 8.23. The minimum absolute atomic E-state index is 0.136. The van der Waals surface area contributed by atoms with E-state index in [0.717, 1.165) is 22.9 Å². The number of hydrogen-bond acceptors (Lipinski definition) is 1. The van der Waals surface area contributed by atoms with Crippen molar-refractivity contribution in [3.8, 4) is 0 Å². The topological polar surface area (TPSA) is 17.1 Å². The molecule has 1 aromatic carbocycles. The summed E-state index contributed by atoms with van der Waals surface area (Å²) in [5, 5.41) is 0. The Morgan fingerprint density at radius 1 is 1.16 bits per heavy atom. The van der Waals surface area contributed by atoms with Gasteiger partial charge < -0.3 is 0 Å². The van der Waals surface area contributed by atoms with Gasteiger partial charge in [0.1, 0.15) is 0 Å². The van der Waals surface area contributed by atoms with Crippen LogP contribution in [0.4, 0.5) is 0 Å². The monoisotopic (exact) mass is 278 g/mol. The van der Waals surface area contributed by atoms with Gasteiger partial charge in [-0.15, -0.1) is 0 Å². The average Bonchev–Trinajstić information content (AvgIpc) is 2.24. The van der Waals surface area contributed by atoms with Gasteiger partial charge in [-0.05, 0) is 56.6 Å². The van der Waals surface area contributed by atoms with Crippen molar-refractivity contribution in [2.24, 2.45) is 5.92 Å². The van der Waals surface area contributed by atoms with Gasteiger partial charge in [0, 0.05) is 5.56 Å². The van der Waals surface area contributed by atoms with Crippen LogP contribution in [0.1, 0.15) is 61.7 Å². The molecule has 0 spiro atoms. The Morgan fingerprint density at radius 2 is 1.63 bits per heavy atom. The van der Waals surface area contributed by atoms with Crippen LogP contribution in [-0.4, -0.2) is 11.7 Å². The molecule has 0 heterocycles. The molecule has 0 aliphatic heterocycles. The zero-order chi connectivity index (χ0) is 14.8. The first kappa shape index (κ1) is 16.4. The van der Waals surface area contributed by atoms with Gasteiger partial charge in [-0.2, -0.15) is 0 Å². The molecule has 0 amide bonds. The number of rotatable bonds is 4. The van der Waals surface area contributed by atoms with Gasteiger partial charge >= 0.3 is 0 Å². The van der Waals surface area contributed by atoms with Crippen molar-refractivity contribution < 1.29 is 4.79 Å². The molecular formula is C17H27OP. The van der Waals surface area contributed by atoms with Crippen LogP contribution in [0.15, 0.2) is 12.1 Å². The summed E-state index contributed by atoms with van der Waals surface area (Å²) >= 11 is 0. The van der Waals surface area contributed by atoms with Crippen molar-refractivity contribution in [1.82, 2.24) is 0 Å². The van der Waals surface area contributed by atoms with Crippen LogP contribution in [0.5, 0.6) is 0 Å². The largest absolute Gasteiger partial charge is 0.289 e. The summed E-state index contributed by atoms with van der Waals surface area (Å²) in [7, 11) is 0.401. The molecule has 19 heavy (non-hydrogen) atoms. The van der Waals surface area contributed by atoms with E-state index in [9.17, 15) is 4.79 Å². The summed E-state index contributed by atoms with van der Waals surface area (Å²) in [5.41, 5.74) is 4.98. The lowest BCUT2D eigenvalue weighted by Crippen LogP contribution is -2.13. The maximum atomic E-state index is 12.4. The SMILES string of the molecule is Cc1cc(C(C)(C)C)cc(C)c1C(=O)PCC(C)C. The normalized spacial score (nSPS) is 12.6. The molecule has 1 aromatic rings. The summed E-state index contributed by atoms with van der Waals surface area (Å²) in [4.78, 5) is 12.4. The first-order chi connectivity index (χ1) is 8.62. The number of carbonyl (C=O) groups is 1. The highest BCUT2D eigenvalue weighted by molar-refractivity contribution is 7.58. The third-order valence-electron chi connectivity index (χ3n) is 3.30. The van der Waals surface area contributed by atoms with Crippen molar-refractivity contribution in [3.63, 3.8) is 0 Å². The number of aryl methyl sites for hydroxylation is 2. The Kier molecular flexibility index (Phi) is 5.33. The fourth-order valence-electron chi connectivity index (χ4n) is 2.14. The molecular weight excluding hydrogens is 251 g/mol. The van der Waals surface area contributed by atoms with Gasteiger partial charge in [0.2, 0.25) is 0 Å². The Hall–Kier alpha value is -0.680. The second kappa shape index (κ2) is 6.18. The first-order valence-electron chi connectivity index (χ1n) is 7.03. The van der Waals surface area contributed by atoms with E-state index >= 15 is 0 Å². The zero-order valence-corrected chi connectivity index (χ0v) is 14.3. The Labute approximate surface area is 120 Å². The average molecular weight is 278 g/mol. The van der Waals surface area contributed by atoms with E-state index in [2.05, 4.69) is 60.6 Å². The molecule has 0 aromatic heterocycles. The second-order valence-electron chi connectivity index (χ2n) is 6.84. The van der Waals surface area contributed by atoms with Crippen LogP contribution in [0, 0.1) is 19.8 Å². The Bertz CT molecular complexity index is 444. The minimum atomic E-state index is 0.136. The van der Waals surface area contributed by atoms with Crippen LogP contribution in [-0.2, 0) is 5.41 Å². The lowest BCUT2D eigenvalue weighted by molar-refractivity contribution is 0.108.